The van der Waals surface area contributed by atoms with Gasteiger partial charge >= 0.3 is 0 Å². The SMILES string of the molecule is C[C@@H]1O[C@H]2OC(C)(C)O[C@@H]2[C@H]1O. The van der Waals surface area contributed by atoms with E-state index in [4.69, 9.17) is 14.2 Å². The molecule has 2 aliphatic heterocycles. The summed E-state index contributed by atoms with van der Waals surface area (Å²) < 4.78 is 16.2. The zero-order chi connectivity index (χ0) is 8.93. The van der Waals surface area contributed by atoms with E-state index >= 15 is 0 Å². The van der Waals surface area contributed by atoms with Crippen molar-refractivity contribution in [2.75, 3.05) is 0 Å². The number of aliphatic hydroxyl groups is 1. The molecule has 2 aliphatic rings. The van der Waals surface area contributed by atoms with Crippen molar-refractivity contribution in [2.24, 2.45) is 0 Å². The largest absolute Gasteiger partial charge is 0.387 e. The Morgan fingerprint density at radius 2 is 1.92 bits per heavy atom. The van der Waals surface area contributed by atoms with Gasteiger partial charge in [-0.15, -0.1) is 0 Å². The van der Waals surface area contributed by atoms with Crippen molar-refractivity contribution in [1.82, 2.24) is 0 Å². The minimum atomic E-state index is -0.629. The van der Waals surface area contributed by atoms with Crippen LogP contribution < -0.4 is 0 Å². The molecule has 0 spiro atoms. The number of rotatable bonds is 0. The Hall–Kier alpha value is -0.160. The topological polar surface area (TPSA) is 47.9 Å². The van der Waals surface area contributed by atoms with E-state index in [2.05, 4.69) is 0 Å². The number of fused-ring (bicyclic) bond motifs is 1. The lowest BCUT2D eigenvalue weighted by Gasteiger charge is -2.20. The van der Waals surface area contributed by atoms with Crippen LogP contribution in [-0.4, -0.2) is 35.5 Å². The summed E-state index contributed by atoms with van der Waals surface area (Å²) in [4.78, 5) is 0. The fourth-order valence-corrected chi connectivity index (χ4v) is 1.65. The molecule has 70 valence electrons. The first kappa shape index (κ1) is 8.44. The van der Waals surface area contributed by atoms with Crippen LogP contribution in [0.3, 0.4) is 0 Å². The predicted octanol–water partition coefficient (Wildman–Crippen LogP) is 0.244. The van der Waals surface area contributed by atoms with Gasteiger partial charge in [0.25, 0.3) is 0 Å². The highest BCUT2D eigenvalue weighted by molar-refractivity contribution is 4.90. The van der Waals surface area contributed by atoms with Crippen molar-refractivity contribution in [3.8, 4) is 0 Å². The van der Waals surface area contributed by atoms with Crippen LogP contribution in [-0.2, 0) is 14.2 Å². The summed E-state index contributed by atoms with van der Waals surface area (Å²) in [5.41, 5.74) is 0. The van der Waals surface area contributed by atoms with E-state index in [9.17, 15) is 5.11 Å². The Morgan fingerprint density at radius 1 is 1.25 bits per heavy atom. The van der Waals surface area contributed by atoms with Crippen LogP contribution in [0.2, 0.25) is 0 Å². The third kappa shape index (κ3) is 1.15. The van der Waals surface area contributed by atoms with E-state index < -0.39 is 18.2 Å². The highest BCUT2D eigenvalue weighted by atomic mass is 16.8. The van der Waals surface area contributed by atoms with Gasteiger partial charge in [0.05, 0.1) is 6.10 Å². The van der Waals surface area contributed by atoms with Gasteiger partial charge < -0.3 is 19.3 Å². The van der Waals surface area contributed by atoms with Crippen molar-refractivity contribution in [1.29, 1.82) is 0 Å². The van der Waals surface area contributed by atoms with Crippen molar-refractivity contribution in [3.63, 3.8) is 0 Å². The second kappa shape index (κ2) is 2.42. The number of ether oxygens (including phenoxy) is 3. The van der Waals surface area contributed by atoms with E-state index in [0.29, 0.717) is 0 Å². The van der Waals surface area contributed by atoms with Gasteiger partial charge in [-0.2, -0.15) is 0 Å². The molecule has 0 aromatic carbocycles. The normalized spacial score (nSPS) is 51.0. The van der Waals surface area contributed by atoms with Gasteiger partial charge in [-0.3, -0.25) is 0 Å². The second-order valence-corrected chi connectivity index (χ2v) is 3.80. The van der Waals surface area contributed by atoms with E-state index in [-0.39, 0.29) is 12.2 Å². The molecule has 4 atom stereocenters. The molecule has 0 aromatic heterocycles. The maximum atomic E-state index is 9.57. The first-order valence-electron chi connectivity index (χ1n) is 4.19. The molecule has 2 rings (SSSR count). The zero-order valence-electron chi connectivity index (χ0n) is 7.48. The maximum Gasteiger partial charge on any atom is 0.190 e. The molecule has 2 fully saturated rings. The lowest BCUT2D eigenvalue weighted by molar-refractivity contribution is -0.212. The molecule has 0 aromatic rings. The van der Waals surface area contributed by atoms with Gasteiger partial charge in [-0.05, 0) is 20.8 Å². The molecule has 4 heteroatoms. The van der Waals surface area contributed by atoms with Crippen LogP contribution in [0.1, 0.15) is 20.8 Å². The molecule has 0 amide bonds. The lowest BCUT2D eigenvalue weighted by atomic mass is 10.2. The van der Waals surface area contributed by atoms with Gasteiger partial charge in [-0.1, -0.05) is 0 Å². The van der Waals surface area contributed by atoms with Crippen LogP contribution in [0.15, 0.2) is 0 Å². The fourth-order valence-electron chi connectivity index (χ4n) is 1.65. The third-order valence-corrected chi connectivity index (χ3v) is 2.25. The van der Waals surface area contributed by atoms with Gasteiger partial charge in [0, 0.05) is 0 Å². The fraction of sp³-hybridized carbons (Fsp3) is 1.00. The van der Waals surface area contributed by atoms with Crippen molar-refractivity contribution in [3.05, 3.63) is 0 Å². The van der Waals surface area contributed by atoms with Crippen molar-refractivity contribution in [2.45, 2.75) is 51.2 Å². The third-order valence-electron chi connectivity index (χ3n) is 2.25. The Labute approximate surface area is 71.4 Å². The number of aliphatic hydroxyl groups excluding tert-OH is 1. The number of hydrogen-bond acceptors (Lipinski definition) is 4. The molecular weight excluding hydrogens is 160 g/mol. The van der Waals surface area contributed by atoms with Crippen LogP contribution in [0.25, 0.3) is 0 Å². The minimum absolute atomic E-state index is 0.198. The Kier molecular flexibility index (Phi) is 1.70. The van der Waals surface area contributed by atoms with Crippen LogP contribution in [0.4, 0.5) is 0 Å². The quantitative estimate of drug-likeness (QED) is 0.571. The highest BCUT2D eigenvalue weighted by Crippen LogP contribution is 2.36. The molecule has 0 bridgehead atoms. The summed E-state index contributed by atoms with van der Waals surface area (Å²) in [7, 11) is 0. The minimum Gasteiger partial charge on any atom is -0.387 e. The van der Waals surface area contributed by atoms with Crippen LogP contribution in [0, 0.1) is 0 Å². The first-order valence-corrected chi connectivity index (χ1v) is 4.19. The Balaban J connectivity index is 2.11. The summed E-state index contributed by atoms with van der Waals surface area (Å²) >= 11 is 0. The van der Waals surface area contributed by atoms with E-state index in [0.717, 1.165) is 0 Å². The lowest BCUT2D eigenvalue weighted by Crippen LogP contribution is -2.33. The van der Waals surface area contributed by atoms with Gasteiger partial charge in [-0.25, -0.2) is 0 Å². The van der Waals surface area contributed by atoms with Gasteiger partial charge in [0.15, 0.2) is 12.1 Å². The van der Waals surface area contributed by atoms with E-state index in [1.54, 1.807) is 0 Å². The van der Waals surface area contributed by atoms with Crippen molar-refractivity contribution < 1.29 is 19.3 Å². The van der Waals surface area contributed by atoms with Crippen molar-refractivity contribution >= 4 is 0 Å². The Bertz CT molecular complexity index is 191. The summed E-state index contributed by atoms with van der Waals surface area (Å²) in [6.07, 6.45) is -1.49. The van der Waals surface area contributed by atoms with E-state index in [1.165, 1.54) is 0 Å². The molecular formula is C8H14O4. The molecule has 1 N–H and O–H groups in total. The molecule has 0 radical (unpaired) electrons. The predicted molar refractivity (Wildman–Crippen MR) is 40.4 cm³/mol. The molecule has 0 aliphatic carbocycles. The summed E-state index contributed by atoms with van der Waals surface area (Å²) in [5, 5.41) is 9.57. The van der Waals surface area contributed by atoms with Gasteiger partial charge in [0.1, 0.15) is 12.2 Å². The average molecular weight is 174 g/mol. The van der Waals surface area contributed by atoms with Gasteiger partial charge in [0.2, 0.25) is 0 Å². The first-order chi connectivity index (χ1) is 5.49. The van der Waals surface area contributed by atoms with E-state index in [1.807, 2.05) is 20.8 Å². The molecule has 2 heterocycles. The molecule has 4 nitrogen and oxygen atoms in total. The van der Waals surface area contributed by atoms with Crippen LogP contribution >= 0.6 is 0 Å². The maximum absolute atomic E-state index is 9.57. The summed E-state index contributed by atoms with van der Waals surface area (Å²) in [6, 6.07) is 0. The Morgan fingerprint density at radius 3 is 2.50 bits per heavy atom. The smallest absolute Gasteiger partial charge is 0.190 e. The average Bonchev–Trinajstić information content (AvgIpc) is 2.33. The molecule has 0 saturated carbocycles. The summed E-state index contributed by atoms with van der Waals surface area (Å²) in [6.45, 7) is 5.43. The molecule has 2 saturated heterocycles. The standard InChI is InChI=1S/C8H14O4/c1-4-5(9)6-7(10-4)12-8(2,3)11-6/h4-7,9H,1-3H3/t4-,5-,6+,7-/m0/s1. The highest BCUT2D eigenvalue weighted by Gasteiger charge is 2.52. The summed E-state index contributed by atoms with van der Waals surface area (Å²) in [5.74, 6) is -0.629. The van der Waals surface area contributed by atoms with Crippen LogP contribution in [0.5, 0.6) is 0 Å². The molecule has 12 heavy (non-hydrogen) atoms. The second-order valence-electron chi connectivity index (χ2n) is 3.80. The number of hydrogen-bond donors (Lipinski definition) is 1. The monoisotopic (exact) mass is 174 g/mol. The molecule has 0 unspecified atom stereocenters. The zero-order valence-corrected chi connectivity index (χ0v) is 7.48.